The molecule has 0 spiro atoms. The van der Waals surface area contributed by atoms with E-state index in [-0.39, 0.29) is 47.0 Å². The van der Waals surface area contributed by atoms with Crippen molar-refractivity contribution < 1.29 is 65.1 Å². The van der Waals surface area contributed by atoms with Crippen LogP contribution in [0.4, 0.5) is 34.4 Å². The lowest BCUT2D eigenvalue weighted by molar-refractivity contribution is 0.0676. The second-order valence-corrected chi connectivity index (χ2v) is 34.7. The average molecular weight is 1680 g/mol. The minimum absolute atomic E-state index is 0. The molecule has 8 N–H and O–H groups in total. The van der Waals surface area contributed by atoms with E-state index in [9.17, 15) is 41.4 Å². The number of nitrogens with two attached hydrogens (primary N) is 1. The van der Waals surface area contributed by atoms with Crippen LogP contribution >= 0.6 is 11.6 Å². The van der Waals surface area contributed by atoms with Crippen molar-refractivity contribution in [3.8, 4) is 46.0 Å². The van der Waals surface area contributed by atoms with Gasteiger partial charge in [-0.1, -0.05) is 97.0 Å². The molecule has 33 heteroatoms. The van der Waals surface area contributed by atoms with Gasteiger partial charge in [0.15, 0.2) is 28.7 Å². The van der Waals surface area contributed by atoms with E-state index in [1.807, 2.05) is 127 Å². The highest BCUT2D eigenvalue weighted by Gasteiger charge is 2.27. The first-order valence-corrected chi connectivity index (χ1v) is 41.9. The SMILES string of the molecule is C.CN1CCN(c2cc(Oc3cccc4cc(C(=O)O)n(C)c34)ccn2)CC1.CN1CCNCC1.COc1c(N)cc(C(C)(C)C)cc1NS(C)(=O)=O.COc1c(NC(=O)c2cc3cccc(Oc4ccnc(N5CCN(C)CC5)c4)c3n2C)cc(C(C)(C)C)cc1NS(C)(=O)=O.Cn1c(C(=O)O)cc2cccc(Oc3ccnc(Cl)c3)c21. The molecule has 0 bridgehead atoms. The van der Waals surface area contributed by atoms with E-state index in [0.717, 1.165) is 128 Å². The van der Waals surface area contributed by atoms with Crippen LogP contribution in [-0.2, 0) is 52.0 Å². The smallest absolute Gasteiger partial charge is 0.352 e. The number of fused-ring (bicyclic) bond motifs is 3. The number of pyridine rings is 3. The molecule has 14 rings (SSSR count). The molecule has 0 aliphatic carbocycles. The van der Waals surface area contributed by atoms with Crippen molar-refractivity contribution in [1.29, 1.82) is 0 Å². The number of aromatic nitrogens is 6. The average Bonchev–Trinajstić information content (AvgIpc) is 1.61. The molecule has 9 heterocycles. The Morgan fingerprint density at radius 2 is 0.831 bits per heavy atom. The summed E-state index contributed by atoms with van der Waals surface area (Å²) in [6.07, 6.45) is 7.20. The molecule has 1 amide bonds. The van der Waals surface area contributed by atoms with Crippen LogP contribution in [-0.4, -0.2) is 215 Å². The molecule has 11 aromatic rings. The number of likely N-dealkylation sites (N-methyl/N-ethyl adjacent to an activating group) is 3. The van der Waals surface area contributed by atoms with E-state index in [4.69, 9.17) is 41.0 Å². The number of carboxylic acid groups (broad SMARTS) is 2. The number of aryl methyl sites for hydroxylation is 3. The van der Waals surface area contributed by atoms with E-state index >= 15 is 0 Å². The number of nitrogen functional groups attached to an aromatic ring is 1. The number of carboxylic acids is 2. The molecule has 30 nitrogen and oxygen atoms in total. The summed E-state index contributed by atoms with van der Waals surface area (Å²) in [6.45, 7) is 24.5. The van der Waals surface area contributed by atoms with Crippen molar-refractivity contribution >= 4 is 117 Å². The number of hydrogen-bond acceptors (Lipinski definition) is 22. The van der Waals surface area contributed by atoms with E-state index in [1.54, 1.807) is 101 Å². The van der Waals surface area contributed by atoms with Gasteiger partial charge in [0, 0.05) is 153 Å². The molecule has 0 unspecified atom stereocenters. The van der Waals surface area contributed by atoms with Gasteiger partial charge in [0.2, 0.25) is 20.0 Å². The monoisotopic (exact) mass is 1680 g/mol. The van der Waals surface area contributed by atoms with Crippen LogP contribution in [0.3, 0.4) is 0 Å². The largest absolute Gasteiger partial charge is 0.492 e. The Hall–Kier alpha value is -11.4. The van der Waals surface area contributed by atoms with Gasteiger partial charge in [-0.2, -0.15) is 0 Å². The molecule has 632 valence electrons. The number of carbonyl (C=O) groups is 3. The Morgan fingerprint density at radius 1 is 0.475 bits per heavy atom. The number of methoxy groups -OCH3 is 2. The fourth-order valence-corrected chi connectivity index (χ4v) is 14.7. The first-order valence-electron chi connectivity index (χ1n) is 37.8. The summed E-state index contributed by atoms with van der Waals surface area (Å²) in [5.41, 5.74) is 11.6. The molecule has 0 radical (unpaired) electrons. The number of hydrogen-bond donors (Lipinski definition) is 7. The van der Waals surface area contributed by atoms with Crippen LogP contribution in [0.5, 0.6) is 46.0 Å². The number of halogens is 1. The number of para-hydroxylation sites is 3. The van der Waals surface area contributed by atoms with E-state index < -0.39 is 32.0 Å². The van der Waals surface area contributed by atoms with Gasteiger partial charge in [-0.15, -0.1) is 0 Å². The summed E-state index contributed by atoms with van der Waals surface area (Å²) in [6, 6.07) is 39.7. The van der Waals surface area contributed by atoms with Crippen LogP contribution < -0.4 is 59.3 Å². The van der Waals surface area contributed by atoms with Crippen molar-refractivity contribution in [1.82, 2.24) is 48.7 Å². The maximum Gasteiger partial charge on any atom is 0.352 e. The molecule has 0 atom stereocenters. The number of piperazine rings is 3. The molecule has 3 saturated heterocycles. The molecule has 3 aliphatic rings. The van der Waals surface area contributed by atoms with Gasteiger partial charge >= 0.3 is 11.9 Å². The highest BCUT2D eigenvalue weighted by molar-refractivity contribution is 7.92. The van der Waals surface area contributed by atoms with Gasteiger partial charge in [-0.25, -0.2) is 41.4 Å². The van der Waals surface area contributed by atoms with Crippen molar-refractivity contribution in [2.24, 2.45) is 21.1 Å². The van der Waals surface area contributed by atoms with Crippen molar-refractivity contribution in [3.63, 3.8) is 0 Å². The van der Waals surface area contributed by atoms with Crippen LogP contribution in [0, 0.1) is 0 Å². The third kappa shape index (κ3) is 23.5. The zero-order valence-electron chi connectivity index (χ0n) is 68.9. The minimum Gasteiger partial charge on any atom is -0.492 e. The van der Waals surface area contributed by atoms with E-state index in [1.165, 1.54) is 27.3 Å². The van der Waals surface area contributed by atoms with E-state index in [0.29, 0.717) is 73.7 Å². The summed E-state index contributed by atoms with van der Waals surface area (Å²) < 4.78 is 85.9. The highest BCUT2D eigenvalue weighted by Crippen LogP contribution is 2.42. The third-order valence-corrected chi connectivity index (χ3v) is 21.1. The maximum atomic E-state index is 13.8. The van der Waals surface area contributed by atoms with Crippen LogP contribution in [0.15, 0.2) is 152 Å². The van der Waals surface area contributed by atoms with Crippen molar-refractivity contribution in [2.75, 3.05) is 157 Å². The van der Waals surface area contributed by atoms with Gasteiger partial charge in [0.25, 0.3) is 5.91 Å². The van der Waals surface area contributed by atoms with Gasteiger partial charge in [0.1, 0.15) is 51.1 Å². The standard InChI is InChI=1S/C32H40N6O5S.C20H22N4O3.C15H11ClN2O3.C12H20N2O3S.C5H12N2.CH4/c1-32(2,3)22-18-24(30(42-6)25(19-22)35-44(7,40)41)34-31(39)26-17-21-9-8-10-27(29(21)37(26)5)43-23-11-12-33-28(20-23)38-15-13-36(4)14-16-38;1-22-8-10-24(11-9-22)18-13-15(6-7-21-18)27-17-5-3-4-14-12-16(20(25)26)23(2)19(14)17;1-18-11(15(19)20)7-9-3-2-4-12(14(9)18)21-10-5-6-17-13(16)8-10;1-12(2,3)8-6-9(13)11(17-4)10(7-8)14-18(5,15)16;1-7-4-2-6-3-5-7;/h8-12,17-20,35H,13-16H2,1-7H3,(H,34,39);3-7,12-13H,8-11H2,1-2H3,(H,25,26);2-8H,1H3,(H,19,20);6-7,14H,13H2,1-5H3;6H,2-5H2,1H3;1H4. The Kier molecular flexibility index (Phi) is 29.8. The van der Waals surface area contributed by atoms with Gasteiger partial charge < -0.3 is 88.5 Å². The molecule has 0 saturated carbocycles. The Bertz CT molecular complexity index is 5630. The molecule has 5 aromatic carbocycles. The summed E-state index contributed by atoms with van der Waals surface area (Å²) >= 11 is 5.83. The topological polar surface area (TPSA) is 350 Å². The number of anilines is 6. The zero-order valence-corrected chi connectivity index (χ0v) is 71.3. The predicted octanol–water partition coefficient (Wildman–Crippen LogP) is 13.7. The number of amides is 1. The quantitative estimate of drug-likeness (QED) is 0.0310. The molecular weight excluding hydrogens is 1570 g/mol. The number of benzene rings is 5. The van der Waals surface area contributed by atoms with Crippen molar-refractivity contribution in [3.05, 3.63) is 185 Å². The van der Waals surface area contributed by atoms with Crippen molar-refractivity contribution in [2.45, 2.75) is 59.8 Å². The Labute approximate surface area is 695 Å². The summed E-state index contributed by atoms with van der Waals surface area (Å²) in [7, 11) is 7.54. The lowest BCUT2D eigenvalue weighted by atomic mass is 9.86. The van der Waals surface area contributed by atoms with E-state index in [2.05, 4.69) is 80.7 Å². The fraction of sp³-hybridized carbons (Fsp3) is 0.365. The number of aromatic carboxylic acids is 2. The molecule has 3 aliphatic heterocycles. The summed E-state index contributed by atoms with van der Waals surface area (Å²) in [5.74, 6) is 3.67. The Morgan fingerprint density at radius 3 is 1.19 bits per heavy atom. The Balaban J connectivity index is 0.000000184. The highest BCUT2D eigenvalue weighted by atomic mass is 35.5. The molecular formula is C85H109ClN16O14S2. The number of sulfonamides is 2. The van der Waals surface area contributed by atoms with Gasteiger partial charge in [-0.05, 0) is 122 Å². The number of nitrogens with zero attached hydrogens (tertiary/aromatic N) is 11. The normalized spacial score (nSPS) is 14.2. The lowest BCUT2D eigenvalue weighted by Crippen LogP contribution is -2.44. The number of rotatable bonds is 18. The van der Waals surface area contributed by atoms with Crippen LogP contribution in [0.1, 0.15) is 91.6 Å². The van der Waals surface area contributed by atoms with Crippen LogP contribution in [0.25, 0.3) is 32.7 Å². The van der Waals surface area contributed by atoms with Crippen LogP contribution in [0.2, 0.25) is 5.15 Å². The first-order chi connectivity index (χ1) is 55.2. The summed E-state index contributed by atoms with van der Waals surface area (Å²) in [4.78, 5) is 60.8. The predicted molar refractivity (Wildman–Crippen MR) is 470 cm³/mol. The second kappa shape index (κ2) is 38.8. The fourth-order valence-electron chi connectivity index (χ4n) is 13.4. The molecule has 6 aromatic heterocycles. The second-order valence-electron chi connectivity index (χ2n) is 30.9. The minimum atomic E-state index is -3.60. The van der Waals surface area contributed by atoms with Gasteiger partial charge in [0.05, 0.1) is 66.0 Å². The molecule has 118 heavy (non-hydrogen) atoms. The number of carbonyl (C=O) groups excluding carboxylic acids is 1. The van der Waals surface area contributed by atoms with Gasteiger partial charge in [-0.3, -0.25) is 14.2 Å². The first kappa shape index (κ1) is 90.5. The summed E-state index contributed by atoms with van der Waals surface area (Å²) in [5, 5.41) is 27.6. The lowest BCUT2D eigenvalue weighted by Gasteiger charge is -2.33. The zero-order chi connectivity index (χ0) is 85.0. The number of ether oxygens (including phenoxy) is 5. The third-order valence-electron chi connectivity index (χ3n) is 19.7. The maximum absolute atomic E-state index is 13.8. The number of nitrogens with one attached hydrogen (secondary N) is 4. The molecule has 3 fully saturated rings.